The van der Waals surface area contributed by atoms with Crippen LogP contribution in [-0.4, -0.2) is 47.9 Å². The first-order valence-electron chi connectivity index (χ1n) is 7.20. The van der Waals surface area contributed by atoms with Gasteiger partial charge in [0, 0.05) is 5.57 Å². The predicted molar refractivity (Wildman–Crippen MR) is 76.1 cm³/mol. The van der Waals surface area contributed by atoms with Gasteiger partial charge in [-0.05, 0) is 19.8 Å². The Morgan fingerprint density at radius 2 is 2.05 bits per heavy atom. The van der Waals surface area contributed by atoms with Crippen LogP contribution in [0.5, 0.6) is 0 Å². The summed E-state index contributed by atoms with van der Waals surface area (Å²) < 4.78 is 15.2. The molecule has 1 aliphatic heterocycles. The van der Waals surface area contributed by atoms with Crippen LogP contribution in [0.2, 0.25) is 0 Å². The molecule has 124 valence electrons. The molecule has 0 bridgehead atoms. The third-order valence-corrected chi connectivity index (χ3v) is 3.18. The van der Waals surface area contributed by atoms with Crippen LogP contribution < -0.4 is 0 Å². The van der Waals surface area contributed by atoms with E-state index in [1.54, 1.807) is 0 Å². The molecule has 0 amide bonds. The Balaban J connectivity index is 2.92. The van der Waals surface area contributed by atoms with E-state index in [0.29, 0.717) is 19.4 Å². The summed E-state index contributed by atoms with van der Waals surface area (Å²) in [6, 6.07) is 0. The number of hydrogen-bond donors (Lipinski definition) is 1. The molecule has 0 aromatic carbocycles. The van der Waals surface area contributed by atoms with E-state index in [1.165, 1.54) is 6.92 Å². The minimum absolute atomic E-state index is 0.0248. The smallest absolute Gasteiger partial charge is 0.351 e. The van der Waals surface area contributed by atoms with Gasteiger partial charge in [0.2, 0.25) is 5.60 Å². The Morgan fingerprint density at radius 3 is 2.50 bits per heavy atom. The van der Waals surface area contributed by atoms with E-state index >= 15 is 0 Å². The SMILES string of the molecule is C=C(C)C(=O)OC(CCCC)(CC(=O)O)C(=O)OCC1CO1. The molecule has 2 atom stereocenters. The van der Waals surface area contributed by atoms with E-state index in [0.717, 1.165) is 0 Å². The Morgan fingerprint density at radius 1 is 1.41 bits per heavy atom. The van der Waals surface area contributed by atoms with Crippen molar-refractivity contribution in [3.05, 3.63) is 12.2 Å². The summed E-state index contributed by atoms with van der Waals surface area (Å²) in [5, 5.41) is 9.09. The minimum Gasteiger partial charge on any atom is -0.481 e. The number of esters is 2. The van der Waals surface area contributed by atoms with Gasteiger partial charge in [0.05, 0.1) is 13.0 Å². The fourth-order valence-corrected chi connectivity index (χ4v) is 1.83. The molecule has 0 aromatic rings. The molecule has 1 saturated heterocycles. The summed E-state index contributed by atoms with van der Waals surface area (Å²) in [5.41, 5.74) is -1.74. The molecule has 1 rings (SSSR count). The van der Waals surface area contributed by atoms with Crippen molar-refractivity contribution in [1.29, 1.82) is 0 Å². The van der Waals surface area contributed by atoms with Gasteiger partial charge in [0.25, 0.3) is 0 Å². The highest BCUT2D eigenvalue weighted by atomic mass is 16.6. The second kappa shape index (κ2) is 7.93. The standard InChI is InChI=1S/C15H22O7/c1-4-5-6-15(7-12(16)17,22-13(18)10(2)3)14(19)21-9-11-8-20-11/h11H,2,4-9H2,1,3H3,(H,16,17). The zero-order chi connectivity index (χ0) is 16.8. The summed E-state index contributed by atoms with van der Waals surface area (Å²) in [6.45, 7) is 7.28. The largest absolute Gasteiger partial charge is 0.481 e. The average molecular weight is 314 g/mol. The molecular formula is C15H22O7. The van der Waals surface area contributed by atoms with Crippen LogP contribution in [0.4, 0.5) is 0 Å². The maximum atomic E-state index is 12.3. The molecule has 0 radical (unpaired) electrons. The number of rotatable bonds is 10. The number of epoxide rings is 1. The quantitative estimate of drug-likeness (QED) is 0.370. The number of hydrogen-bond acceptors (Lipinski definition) is 6. The maximum Gasteiger partial charge on any atom is 0.351 e. The fourth-order valence-electron chi connectivity index (χ4n) is 1.83. The molecular weight excluding hydrogens is 292 g/mol. The van der Waals surface area contributed by atoms with E-state index < -0.39 is 29.9 Å². The molecule has 7 nitrogen and oxygen atoms in total. The molecule has 0 saturated carbocycles. The highest BCUT2D eigenvalue weighted by Crippen LogP contribution is 2.27. The van der Waals surface area contributed by atoms with Crippen molar-refractivity contribution in [3.8, 4) is 0 Å². The molecule has 7 heteroatoms. The highest BCUT2D eigenvalue weighted by Gasteiger charge is 2.46. The Kier molecular flexibility index (Phi) is 6.55. The van der Waals surface area contributed by atoms with Gasteiger partial charge in [-0.2, -0.15) is 0 Å². The van der Waals surface area contributed by atoms with E-state index in [1.807, 2.05) is 6.92 Å². The minimum atomic E-state index is -1.83. The molecule has 1 fully saturated rings. The summed E-state index contributed by atoms with van der Waals surface area (Å²) in [5.74, 6) is -2.91. The number of ether oxygens (including phenoxy) is 3. The van der Waals surface area contributed by atoms with Crippen molar-refractivity contribution in [1.82, 2.24) is 0 Å². The molecule has 1 N–H and O–H groups in total. The van der Waals surface area contributed by atoms with E-state index in [-0.39, 0.29) is 24.7 Å². The zero-order valence-corrected chi connectivity index (χ0v) is 12.9. The van der Waals surface area contributed by atoms with Crippen LogP contribution in [0.15, 0.2) is 12.2 Å². The van der Waals surface area contributed by atoms with E-state index in [2.05, 4.69) is 6.58 Å². The molecule has 1 heterocycles. The second-order valence-electron chi connectivity index (χ2n) is 5.39. The number of aliphatic carboxylic acids is 1. The number of carbonyl (C=O) groups excluding carboxylic acids is 2. The Bertz CT molecular complexity index is 453. The Hall–Kier alpha value is -1.89. The van der Waals surface area contributed by atoms with Gasteiger partial charge in [-0.1, -0.05) is 19.9 Å². The third-order valence-electron chi connectivity index (χ3n) is 3.18. The van der Waals surface area contributed by atoms with Crippen LogP contribution in [0, 0.1) is 0 Å². The molecule has 1 aliphatic rings. The lowest BCUT2D eigenvalue weighted by atomic mass is 9.92. The first kappa shape index (κ1) is 18.2. The van der Waals surface area contributed by atoms with Gasteiger partial charge in [-0.15, -0.1) is 0 Å². The number of carboxylic acids is 1. The van der Waals surface area contributed by atoms with Crippen LogP contribution >= 0.6 is 0 Å². The zero-order valence-electron chi connectivity index (χ0n) is 12.9. The molecule has 0 aromatic heterocycles. The van der Waals surface area contributed by atoms with Gasteiger partial charge in [0.1, 0.15) is 12.7 Å². The van der Waals surface area contributed by atoms with Crippen LogP contribution in [0.3, 0.4) is 0 Å². The van der Waals surface area contributed by atoms with Crippen LogP contribution in [0.1, 0.15) is 39.5 Å². The Labute approximate surface area is 129 Å². The van der Waals surface area contributed by atoms with Crippen molar-refractivity contribution < 1.29 is 33.7 Å². The van der Waals surface area contributed by atoms with Crippen molar-refractivity contribution in [3.63, 3.8) is 0 Å². The number of carbonyl (C=O) groups is 3. The topological polar surface area (TPSA) is 102 Å². The summed E-state index contributed by atoms with van der Waals surface area (Å²) in [7, 11) is 0. The van der Waals surface area contributed by atoms with E-state index in [4.69, 9.17) is 19.3 Å². The number of unbranched alkanes of at least 4 members (excludes halogenated alkanes) is 1. The first-order chi connectivity index (χ1) is 10.3. The van der Waals surface area contributed by atoms with Crippen LogP contribution in [-0.2, 0) is 28.6 Å². The highest BCUT2D eigenvalue weighted by molar-refractivity contribution is 5.92. The normalized spacial score (nSPS) is 18.9. The lowest BCUT2D eigenvalue weighted by Gasteiger charge is -2.30. The van der Waals surface area contributed by atoms with Crippen molar-refractivity contribution in [2.24, 2.45) is 0 Å². The van der Waals surface area contributed by atoms with E-state index in [9.17, 15) is 14.4 Å². The summed E-state index contributed by atoms with van der Waals surface area (Å²) >= 11 is 0. The fraction of sp³-hybridized carbons (Fsp3) is 0.667. The molecule has 2 unspecified atom stereocenters. The monoisotopic (exact) mass is 314 g/mol. The van der Waals surface area contributed by atoms with Gasteiger partial charge in [0.15, 0.2) is 0 Å². The maximum absolute atomic E-state index is 12.3. The average Bonchev–Trinajstić information content (AvgIpc) is 3.25. The van der Waals surface area contributed by atoms with Crippen molar-refractivity contribution in [2.75, 3.05) is 13.2 Å². The molecule has 0 aliphatic carbocycles. The number of carboxylic acid groups (broad SMARTS) is 1. The lowest BCUT2D eigenvalue weighted by molar-refractivity contribution is -0.185. The van der Waals surface area contributed by atoms with Gasteiger partial charge < -0.3 is 19.3 Å². The van der Waals surface area contributed by atoms with Gasteiger partial charge in [-0.25, -0.2) is 9.59 Å². The van der Waals surface area contributed by atoms with Gasteiger partial charge in [-0.3, -0.25) is 4.79 Å². The molecule has 22 heavy (non-hydrogen) atoms. The van der Waals surface area contributed by atoms with Crippen molar-refractivity contribution >= 4 is 17.9 Å². The first-order valence-corrected chi connectivity index (χ1v) is 7.20. The predicted octanol–water partition coefficient (Wildman–Crippen LogP) is 1.45. The van der Waals surface area contributed by atoms with Gasteiger partial charge >= 0.3 is 17.9 Å². The summed E-state index contributed by atoms with van der Waals surface area (Å²) in [6.07, 6.45) is 0.515. The second-order valence-corrected chi connectivity index (χ2v) is 5.39. The molecule has 0 spiro atoms. The third kappa shape index (κ3) is 5.48. The summed E-state index contributed by atoms with van der Waals surface area (Å²) in [4.78, 5) is 35.3. The lowest BCUT2D eigenvalue weighted by Crippen LogP contribution is -2.47. The van der Waals surface area contributed by atoms with Crippen molar-refractivity contribution in [2.45, 2.75) is 51.2 Å². The van der Waals surface area contributed by atoms with Crippen LogP contribution in [0.25, 0.3) is 0 Å².